The van der Waals surface area contributed by atoms with Crippen LogP contribution in [0.25, 0.3) is 5.69 Å². The number of benzene rings is 1. The summed E-state index contributed by atoms with van der Waals surface area (Å²) in [6.07, 6.45) is 3.22. The standard InChI is InChI=1S/C14H17N3O2/c1-11(10-18)7-15-14(19)12-8-16-17(9-12)13-5-3-2-4-6-13/h2-6,8-9,11,18H,7,10H2,1H3,(H,15,19). The fourth-order valence-electron chi connectivity index (χ4n) is 1.60. The van der Waals surface area contributed by atoms with Crippen molar-refractivity contribution >= 4 is 5.91 Å². The van der Waals surface area contributed by atoms with E-state index in [9.17, 15) is 4.79 Å². The fourth-order valence-corrected chi connectivity index (χ4v) is 1.60. The van der Waals surface area contributed by atoms with Crippen molar-refractivity contribution in [2.24, 2.45) is 5.92 Å². The number of rotatable bonds is 5. The van der Waals surface area contributed by atoms with Crippen LogP contribution in [0.1, 0.15) is 17.3 Å². The van der Waals surface area contributed by atoms with Gasteiger partial charge in [-0.05, 0) is 18.1 Å². The van der Waals surface area contributed by atoms with Gasteiger partial charge in [0.05, 0.1) is 17.4 Å². The summed E-state index contributed by atoms with van der Waals surface area (Å²) in [5.41, 5.74) is 1.42. The molecule has 0 fully saturated rings. The van der Waals surface area contributed by atoms with Gasteiger partial charge in [0.2, 0.25) is 0 Å². The second kappa shape index (κ2) is 6.15. The van der Waals surface area contributed by atoms with Crippen molar-refractivity contribution in [2.75, 3.05) is 13.2 Å². The number of nitrogens with one attached hydrogen (secondary N) is 1. The second-order valence-electron chi connectivity index (χ2n) is 4.51. The molecule has 0 bridgehead atoms. The summed E-state index contributed by atoms with van der Waals surface area (Å²) in [6.45, 7) is 2.38. The van der Waals surface area contributed by atoms with E-state index in [0.717, 1.165) is 5.69 Å². The predicted molar refractivity (Wildman–Crippen MR) is 72.1 cm³/mol. The van der Waals surface area contributed by atoms with Crippen molar-refractivity contribution in [2.45, 2.75) is 6.92 Å². The zero-order chi connectivity index (χ0) is 13.7. The molecule has 1 amide bonds. The van der Waals surface area contributed by atoms with Crippen LogP contribution in [0.15, 0.2) is 42.7 Å². The van der Waals surface area contributed by atoms with Gasteiger partial charge >= 0.3 is 0 Å². The Bertz CT molecular complexity index is 537. The number of para-hydroxylation sites is 1. The van der Waals surface area contributed by atoms with Gasteiger partial charge in [-0.1, -0.05) is 25.1 Å². The van der Waals surface area contributed by atoms with E-state index in [0.29, 0.717) is 12.1 Å². The molecule has 2 aromatic rings. The average Bonchev–Trinajstić information content (AvgIpc) is 2.95. The fraction of sp³-hybridized carbons (Fsp3) is 0.286. The molecule has 0 aliphatic carbocycles. The first-order chi connectivity index (χ1) is 9.20. The van der Waals surface area contributed by atoms with Gasteiger partial charge in [-0.2, -0.15) is 5.10 Å². The Morgan fingerprint density at radius 2 is 2.16 bits per heavy atom. The lowest BCUT2D eigenvalue weighted by atomic mass is 10.2. The second-order valence-corrected chi connectivity index (χ2v) is 4.51. The van der Waals surface area contributed by atoms with Crippen LogP contribution >= 0.6 is 0 Å². The Labute approximate surface area is 111 Å². The summed E-state index contributed by atoms with van der Waals surface area (Å²) in [7, 11) is 0. The van der Waals surface area contributed by atoms with E-state index >= 15 is 0 Å². The molecule has 100 valence electrons. The molecule has 1 unspecified atom stereocenters. The highest BCUT2D eigenvalue weighted by molar-refractivity contribution is 5.93. The van der Waals surface area contributed by atoms with Crippen LogP contribution in [0.4, 0.5) is 0 Å². The van der Waals surface area contributed by atoms with E-state index in [-0.39, 0.29) is 18.4 Å². The van der Waals surface area contributed by atoms with Gasteiger partial charge in [0.1, 0.15) is 0 Å². The lowest BCUT2D eigenvalue weighted by Crippen LogP contribution is -2.29. The van der Waals surface area contributed by atoms with E-state index in [1.165, 1.54) is 6.20 Å². The Kier molecular flexibility index (Phi) is 4.30. The van der Waals surface area contributed by atoms with Crippen molar-refractivity contribution in [1.29, 1.82) is 0 Å². The molecule has 2 N–H and O–H groups in total. The molecular formula is C14H17N3O2. The van der Waals surface area contributed by atoms with Crippen molar-refractivity contribution in [1.82, 2.24) is 15.1 Å². The summed E-state index contributed by atoms with van der Waals surface area (Å²) in [5.74, 6) is -0.129. The topological polar surface area (TPSA) is 67.2 Å². The van der Waals surface area contributed by atoms with Crippen LogP contribution in [0, 0.1) is 5.92 Å². The summed E-state index contributed by atoms with van der Waals surface area (Å²) in [5, 5.41) is 15.8. The normalized spacial score (nSPS) is 12.1. The summed E-state index contributed by atoms with van der Waals surface area (Å²) in [4.78, 5) is 11.9. The molecule has 0 radical (unpaired) electrons. The van der Waals surface area contributed by atoms with E-state index < -0.39 is 0 Å². The van der Waals surface area contributed by atoms with E-state index in [1.807, 2.05) is 37.3 Å². The number of hydrogen-bond acceptors (Lipinski definition) is 3. The Balaban J connectivity index is 2.03. The maximum atomic E-state index is 11.9. The largest absolute Gasteiger partial charge is 0.396 e. The molecular weight excluding hydrogens is 242 g/mol. The number of aromatic nitrogens is 2. The number of aliphatic hydroxyl groups is 1. The molecule has 1 aromatic heterocycles. The van der Waals surface area contributed by atoms with Gasteiger partial charge in [0.25, 0.3) is 5.91 Å². The Hall–Kier alpha value is -2.14. The number of carbonyl (C=O) groups is 1. The highest BCUT2D eigenvalue weighted by atomic mass is 16.3. The minimum absolute atomic E-state index is 0.0492. The first-order valence-electron chi connectivity index (χ1n) is 6.20. The zero-order valence-electron chi connectivity index (χ0n) is 10.8. The van der Waals surface area contributed by atoms with Crippen molar-refractivity contribution < 1.29 is 9.90 Å². The van der Waals surface area contributed by atoms with Crippen LogP contribution in [0.5, 0.6) is 0 Å². The van der Waals surface area contributed by atoms with Gasteiger partial charge in [0.15, 0.2) is 0 Å². The SMILES string of the molecule is CC(CO)CNC(=O)c1cnn(-c2ccccc2)c1. The Morgan fingerprint density at radius 3 is 2.84 bits per heavy atom. The number of nitrogens with zero attached hydrogens (tertiary/aromatic N) is 2. The molecule has 0 saturated heterocycles. The summed E-state index contributed by atoms with van der Waals surface area (Å²) >= 11 is 0. The molecule has 0 saturated carbocycles. The minimum atomic E-state index is -0.178. The molecule has 1 atom stereocenters. The molecule has 0 spiro atoms. The summed E-state index contributed by atoms with van der Waals surface area (Å²) in [6, 6.07) is 9.60. The zero-order valence-corrected chi connectivity index (χ0v) is 10.8. The maximum Gasteiger partial charge on any atom is 0.254 e. The van der Waals surface area contributed by atoms with Crippen LogP contribution in [-0.2, 0) is 0 Å². The highest BCUT2D eigenvalue weighted by Gasteiger charge is 2.10. The Morgan fingerprint density at radius 1 is 1.42 bits per heavy atom. The van der Waals surface area contributed by atoms with Crippen molar-refractivity contribution in [3.8, 4) is 5.69 Å². The number of aliphatic hydroxyl groups excluding tert-OH is 1. The van der Waals surface area contributed by atoms with Gasteiger partial charge in [0, 0.05) is 19.3 Å². The third-order valence-corrected chi connectivity index (χ3v) is 2.79. The molecule has 5 nitrogen and oxygen atoms in total. The molecule has 2 rings (SSSR count). The van der Waals surface area contributed by atoms with E-state index in [4.69, 9.17) is 5.11 Å². The van der Waals surface area contributed by atoms with Crippen molar-refractivity contribution in [3.05, 3.63) is 48.3 Å². The highest BCUT2D eigenvalue weighted by Crippen LogP contribution is 2.07. The molecule has 19 heavy (non-hydrogen) atoms. The lowest BCUT2D eigenvalue weighted by molar-refractivity contribution is 0.0942. The van der Waals surface area contributed by atoms with Gasteiger partial charge in [-0.15, -0.1) is 0 Å². The van der Waals surface area contributed by atoms with Crippen LogP contribution in [-0.4, -0.2) is 33.9 Å². The van der Waals surface area contributed by atoms with Gasteiger partial charge < -0.3 is 10.4 Å². The lowest BCUT2D eigenvalue weighted by Gasteiger charge is -2.08. The smallest absolute Gasteiger partial charge is 0.254 e. The first-order valence-corrected chi connectivity index (χ1v) is 6.20. The quantitative estimate of drug-likeness (QED) is 0.848. The van der Waals surface area contributed by atoms with Gasteiger partial charge in [-0.25, -0.2) is 4.68 Å². The minimum Gasteiger partial charge on any atom is -0.396 e. The number of amides is 1. The van der Waals surface area contributed by atoms with Crippen LogP contribution in [0.2, 0.25) is 0 Å². The average molecular weight is 259 g/mol. The molecule has 1 aromatic carbocycles. The number of carbonyl (C=O) groups excluding carboxylic acids is 1. The van der Waals surface area contributed by atoms with Crippen LogP contribution < -0.4 is 5.32 Å². The third-order valence-electron chi connectivity index (χ3n) is 2.79. The van der Waals surface area contributed by atoms with E-state index in [2.05, 4.69) is 10.4 Å². The predicted octanol–water partition coefficient (Wildman–Crippen LogP) is 1.23. The molecule has 0 aliphatic rings. The molecule has 1 heterocycles. The molecule has 5 heteroatoms. The maximum absolute atomic E-state index is 11.9. The third kappa shape index (κ3) is 3.42. The summed E-state index contributed by atoms with van der Waals surface area (Å²) < 4.78 is 1.66. The van der Waals surface area contributed by atoms with Crippen molar-refractivity contribution in [3.63, 3.8) is 0 Å². The van der Waals surface area contributed by atoms with Crippen LogP contribution in [0.3, 0.4) is 0 Å². The van der Waals surface area contributed by atoms with Gasteiger partial charge in [-0.3, -0.25) is 4.79 Å². The molecule has 0 aliphatic heterocycles. The van der Waals surface area contributed by atoms with E-state index in [1.54, 1.807) is 10.9 Å². The first kappa shape index (κ1) is 13.3. The monoisotopic (exact) mass is 259 g/mol. The number of hydrogen-bond donors (Lipinski definition) is 2.